The number of rotatable bonds is 31. The van der Waals surface area contributed by atoms with Crippen molar-refractivity contribution in [2.24, 2.45) is 0 Å². The lowest BCUT2D eigenvalue weighted by atomic mass is 10.1. The van der Waals surface area contributed by atoms with E-state index in [9.17, 15) is 14.2 Å². The largest absolute Gasteiger partial charge is 0.469 e. The van der Waals surface area contributed by atoms with Crippen LogP contribution < -0.4 is 0 Å². The molecule has 1 atom stereocenters. The van der Waals surface area contributed by atoms with Crippen LogP contribution in [-0.4, -0.2) is 41.0 Å². The van der Waals surface area contributed by atoms with E-state index in [0.717, 1.165) is 64.2 Å². The first-order chi connectivity index (χ1) is 24.8. The Kier molecular flexibility index (Phi) is 33.7. The number of esters is 2. The number of phosphoric ester groups is 1. The van der Waals surface area contributed by atoms with Gasteiger partial charge in [0.05, 0.1) is 6.61 Å². The Hall–Kier alpha value is -3.55. The maximum atomic E-state index is 12.3. The number of hydrogen-bond acceptors (Lipinski definition) is 6. The van der Waals surface area contributed by atoms with Crippen molar-refractivity contribution in [2.45, 2.75) is 116 Å². The van der Waals surface area contributed by atoms with Crippen LogP contribution in [-0.2, 0) is 28.2 Å². The third kappa shape index (κ3) is 39.1. The molecule has 0 heterocycles. The van der Waals surface area contributed by atoms with Crippen LogP contribution in [0.3, 0.4) is 0 Å². The minimum Gasteiger partial charge on any atom is -0.462 e. The molecule has 51 heavy (non-hydrogen) atoms. The topological polar surface area (TPSA) is 119 Å². The van der Waals surface area contributed by atoms with Gasteiger partial charge in [0.1, 0.15) is 6.61 Å². The van der Waals surface area contributed by atoms with Crippen LogP contribution >= 0.6 is 7.82 Å². The summed E-state index contributed by atoms with van der Waals surface area (Å²) < 4.78 is 26.2. The molecule has 0 radical (unpaired) electrons. The summed E-state index contributed by atoms with van der Waals surface area (Å²) in [7, 11) is -4.78. The summed E-state index contributed by atoms with van der Waals surface area (Å²) in [6.45, 7) is 3.31. The molecule has 0 aliphatic rings. The molecule has 0 aliphatic heterocycles. The number of carbonyl (C=O) groups is 2. The van der Waals surface area contributed by atoms with E-state index in [4.69, 9.17) is 19.3 Å². The highest BCUT2D eigenvalue weighted by molar-refractivity contribution is 7.46. The third-order valence-corrected chi connectivity index (χ3v) is 7.31. The Bertz CT molecular complexity index is 1230. The number of ether oxygens (including phenoxy) is 2. The highest BCUT2D eigenvalue weighted by atomic mass is 31.2. The van der Waals surface area contributed by atoms with Crippen molar-refractivity contribution in [1.82, 2.24) is 0 Å². The second-order valence-electron chi connectivity index (χ2n) is 11.5. The van der Waals surface area contributed by atoms with E-state index >= 15 is 0 Å². The molecule has 0 amide bonds. The van der Waals surface area contributed by atoms with Gasteiger partial charge in [0, 0.05) is 12.8 Å². The SMILES string of the molecule is CC/C=C/C=C/C=C/C=C/CCCCCC(=O)OC(COC(=O)CCC/C=C/C/C=C/C/C=C/C/C=C/C/C=C/C/C=C/CC)COP(=O)(O)O. The van der Waals surface area contributed by atoms with Gasteiger partial charge < -0.3 is 19.3 Å². The standard InChI is InChI=1S/C42H63O8P/c1-3-5-7-9-11-13-15-17-18-19-20-21-22-23-25-26-28-30-32-34-36-41(43)48-38-40(39-49-51(45,46)47)50-42(44)37-35-33-31-29-27-24-16-14-12-10-8-6-4-2/h5-8,10-14,16-18,20-21,23-25,27-28,30,40H,3-4,9,15,19,22,26,29,31-39H2,1-2H3,(H2,45,46,47)/b7-5+,8-6+,12-10+,13-11+,16-14+,18-17+,21-20+,25-23+,27-24+,30-28+. The zero-order valence-corrected chi connectivity index (χ0v) is 31.8. The minimum atomic E-state index is -4.78. The van der Waals surface area contributed by atoms with Crippen LogP contribution in [0.15, 0.2) is 122 Å². The van der Waals surface area contributed by atoms with Crippen LogP contribution in [0.25, 0.3) is 0 Å². The van der Waals surface area contributed by atoms with E-state index in [-0.39, 0.29) is 19.4 Å². The molecule has 0 aromatic carbocycles. The predicted octanol–water partition coefficient (Wildman–Crippen LogP) is 11.0. The molecule has 284 valence electrons. The van der Waals surface area contributed by atoms with Crippen molar-refractivity contribution in [3.63, 3.8) is 0 Å². The molecule has 0 aromatic rings. The number of phosphoric acid groups is 1. The Morgan fingerprint density at radius 1 is 0.529 bits per heavy atom. The van der Waals surface area contributed by atoms with Gasteiger partial charge in [-0.2, -0.15) is 0 Å². The van der Waals surface area contributed by atoms with Gasteiger partial charge in [-0.05, 0) is 77.0 Å². The molecule has 9 heteroatoms. The number of hydrogen-bond donors (Lipinski definition) is 2. The van der Waals surface area contributed by atoms with Crippen molar-refractivity contribution in [3.8, 4) is 0 Å². The van der Waals surface area contributed by atoms with E-state index in [2.05, 4.69) is 97.4 Å². The van der Waals surface area contributed by atoms with Crippen molar-refractivity contribution in [2.75, 3.05) is 13.2 Å². The van der Waals surface area contributed by atoms with Gasteiger partial charge in [-0.15, -0.1) is 0 Å². The van der Waals surface area contributed by atoms with Crippen molar-refractivity contribution in [3.05, 3.63) is 122 Å². The van der Waals surface area contributed by atoms with Gasteiger partial charge >= 0.3 is 19.8 Å². The average molecular weight is 727 g/mol. The van der Waals surface area contributed by atoms with Crippen LogP contribution in [0.2, 0.25) is 0 Å². The molecule has 0 spiro atoms. The lowest BCUT2D eigenvalue weighted by Crippen LogP contribution is -2.29. The summed E-state index contributed by atoms with van der Waals surface area (Å²) in [5.41, 5.74) is 0. The predicted molar refractivity (Wildman–Crippen MR) is 211 cm³/mol. The fourth-order valence-electron chi connectivity index (χ4n) is 4.16. The Balaban J connectivity index is 4.18. The molecule has 0 aliphatic carbocycles. The van der Waals surface area contributed by atoms with Gasteiger partial charge in [0.15, 0.2) is 6.10 Å². The molecule has 0 saturated carbocycles. The fraction of sp³-hybridized carbons (Fsp3) is 0.476. The van der Waals surface area contributed by atoms with Crippen LogP contribution in [0.4, 0.5) is 0 Å². The normalized spacial score (nSPS) is 13.9. The number of carbonyl (C=O) groups excluding carboxylic acids is 2. The maximum Gasteiger partial charge on any atom is 0.469 e. The number of allylic oxidation sites excluding steroid dienone is 20. The highest BCUT2D eigenvalue weighted by Crippen LogP contribution is 2.35. The van der Waals surface area contributed by atoms with Crippen LogP contribution in [0.1, 0.15) is 110 Å². The molecule has 2 N–H and O–H groups in total. The van der Waals surface area contributed by atoms with Crippen LogP contribution in [0.5, 0.6) is 0 Å². The summed E-state index contributed by atoms with van der Waals surface area (Å²) in [6, 6.07) is 0. The maximum absolute atomic E-state index is 12.3. The highest BCUT2D eigenvalue weighted by Gasteiger charge is 2.22. The molecule has 0 saturated heterocycles. The van der Waals surface area contributed by atoms with Gasteiger partial charge in [-0.25, -0.2) is 4.57 Å². The van der Waals surface area contributed by atoms with E-state index in [1.54, 1.807) is 0 Å². The molecular weight excluding hydrogens is 663 g/mol. The van der Waals surface area contributed by atoms with Crippen molar-refractivity contribution in [1.29, 1.82) is 0 Å². The van der Waals surface area contributed by atoms with Crippen LogP contribution in [0, 0.1) is 0 Å². The van der Waals surface area contributed by atoms with Gasteiger partial charge in [0.2, 0.25) is 0 Å². The summed E-state index contributed by atoms with van der Waals surface area (Å²) >= 11 is 0. The second-order valence-corrected chi connectivity index (χ2v) is 12.8. The Morgan fingerprint density at radius 2 is 1.00 bits per heavy atom. The van der Waals surface area contributed by atoms with Crippen molar-refractivity contribution >= 4 is 19.8 Å². The first-order valence-electron chi connectivity index (χ1n) is 18.4. The first-order valence-corrected chi connectivity index (χ1v) is 19.9. The Morgan fingerprint density at radius 3 is 1.55 bits per heavy atom. The molecule has 0 fully saturated rings. The zero-order valence-electron chi connectivity index (χ0n) is 30.9. The molecule has 1 unspecified atom stereocenters. The Labute approximate surface area is 308 Å². The van der Waals surface area contributed by atoms with Gasteiger partial charge in [0.25, 0.3) is 0 Å². The summed E-state index contributed by atoms with van der Waals surface area (Å²) in [5.74, 6) is -1.02. The summed E-state index contributed by atoms with van der Waals surface area (Å²) in [4.78, 5) is 42.6. The molecule has 0 aromatic heterocycles. The van der Waals surface area contributed by atoms with E-state index < -0.39 is 32.5 Å². The van der Waals surface area contributed by atoms with Gasteiger partial charge in [-0.3, -0.25) is 14.1 Å². The quantitative estimate of drug-likeness (QED) is 0.0238. The number of unbranched alkanes of at least 4 members (excludes halogenated alkanes) is 4. The zero-order chi connectivity index (χ0) is 37.5. The second kappa shape index (κ2) is 36.2. The smallest absolute Gasteiger partial charge is 0.462 e. The average Bonchev–Trinajstić information content (AvgIpc) is 3.10. The molecule has 8 nitrogen and oxygen atoms in total. The minimum absolute atomic E-state index is 0.145. The molecular formula is C42H63O8P. The summed E-state index contributed by atoms with van der Waals surface area (Å²) in [6.07, 6.45) is 52.1. The first kappa shape index (κ1) is 47.4. The monoisotopic (exact) mass is 726 g/mol. The van der Waals surface area contributed by atoms with E-state index in [1.807, 2.05) is 42.5 Å². The molecule has 0 bridgehead atoms. The third-order valence-electron chi connectivity index (χ3n) is 6.82. The lowest BCUT2D eigenvalue weighted by Gasteiger charge is -2.18. The van der Waals surface area contributed by atoms with Gasteiger partial charge in [-0.1, -0.05) is 142 Å². The van der Waals surface area contributed by atoms with Crippen molar-refractivity contribution < 1.29 is 37.9 Å². The molecule has 0 rings (SSSR count). The lowest BCUT2D eigenvalue weighted by molar-refractivity contribution is -0.161. The van der Waals surface area contributed by atoms with E-state index in [0.29, 0.717) is 19.3 Å². The van der Waals surface area contributed by atoms with E-state index in [1.165, 1.54) is 0 Å². The fourth-order valence-corrected chi connectivity index (χ4v) is 4.52. The summed E-state index contributed by atoms with van der Waals surface area (Å²) in [5, 5.41) is 0.